The third-order valence-electron chi connectivity index (χ3n) is 2.99. The van der Waals surface area contributed by atoms with Crippen LogP contribution in [0.2, 0.25) is 0 Å². The van der Waals surface area contributed by atoms with E-state index in [9.17, 15) is 4.79 Å². The van der Waals surface area contributed by atoms with Gasteiger partial charge in [-0.05, 0) is 13.2 Å². The smallest absolute Gasteiger partial charge is 0.229 e. The third-order valence-corrected chi connectivity index (χ3v) is 3.96. The van der Waals surface area contributed by atoms with Crippen LogP contribution in [-0.4, -0.2) is 43.2 Å². The molecule has 3 N–H and O–H groups in total. The third kappa shape index (κ3) is 2.86. The molecule has 0 aromatic rings. The molecule has 1 saturated heterocycles. The van der Waals surface area contributed by atoms with Gasteiger partial charge < -0.3 is 15.8 Å². The van der Waals surface area contributed by atoms with E-state index in [1.807, 2.05) is 13.2 Å². The highest BCUT2D eigenvalue weighted by atomic mass is 32.2. The zero-order valence-corrected chi connectivity index (χ0v) is 10.4. The molecule has 1 aliphatic rings. The molecule has 3 atom stereocenters. The summed E-state index contributed by atoms with van der Waals surface area (Å²) < 4.78 is 5.24. The first-order valence-electron chi connectivity index (χ1n) is 5.15. The molecule has 0 spiro atoms. The van der Waals surface area contributed by atoms with Crippen molar-refractivity contribution >= 4 is 17.7 Å². The lowest BCUT2D eigenvalue weighted by molar-refractivity contribution is -0.130. The van der Waals surface area contributed by atoms with Gasteiger partial charge in [0.2, 0.25) is 5.91 Å². The van der Waals surface area contributed by atoms with Crippen molar-refractivity contribution in [3.05, 3.63) is 0 Å². The summed E-state index contributed by atoms with van der Waals surface area (Å²) in [7, 11) is 0. The summed E-state index contributed by atoms with van der Waals surface area (Å²) in [4.78, 5) is 11.9. The molecule has 1 heterocycles. The fraction of sp³-hybridized carbons (Fsp3) is 0.900. The Morgan fingerprint density at radius 1 is 1.80 bits per heavy atom. The van der Waals surface area contributed by atoms with Crippen LogP contribution in [0, 0.1) is 5.41 Å². The summed E-state index contributed by atoms with van der Waals surface area (Å²) in [5.74, 6) is 0.00778. The van der Waals surface area contributed by atoms with Crippen molar-refractivity contribution in [2.45, 2.75) is 25.1 Å². The fourth-order valence-electron chi connectivity index (χ4n) is 1.44. The number of nitrogens with one attached hydrogen (secondary N) is 1. The lowest BCUT2D eigenvalue weighted by Gasteiger charge is -2.26. The largest absolute Gasteiger partial charge is 0.379 e. The van der Waals surface area contributed by atoms with Crippen LogP contribution in [0.1, 0.15) is 13.8 Å². The molecule has 0 saturated carbocycles. The lowest BCUT2D eigenvalue weighted by atomic mass is 9.85. The average Bonchev–Trinajstić information content (AvgIpc) is 2.56. The van der Waals surface area contributed by atoms with Crippen molar-refractivity contribution in [3.8, 4) is 0 Å². The summed E-state index contributed by atoms with van der Waals surface area (Å²) in [5.41, 5.74) is 5.30. The minimum absolute atomic E-state index is 0.00778. The second-order valence-electron chi connectivity index (χ2n) is 4.30. The first-order valence-corrected chi connectivity index (χ1v) is 6.44. The molecular formula is C10H20N2O2S. The van der Waals surface area contributed by atoms with E-state index in [1.54, 1.807) is 11.8 Å². The summed E-state index contributed by atoms with van der Waals surface area (Å²) in [5, 5.41) is 3.35. The average molecular weight is 232 g/mol. The molecular weight excluding hydrogens is 212 g/mol. The van der Waals surface area contributed by atoms with Crippen molar-refractivity contribution in [3.63, 3.8) is 0 Å². The Hall–Kier alpha value is -0.260. The number of ether oxygens (including phenoxy) is 1. The van der Waals surface area contributed by atoms with Crippen molar-refractivity contribution in [1.29, 1.82) is 0 Å². The molecule has 5 heteroatoms. The Morgan fingerprint density at radius 3 is 2.93 bits per heavy atom. The Morgan fingerprint density at radius 2 is 2.47 bits per heavy atom. The van der Waals surface area contributed by atoms with E-state index in [0.29, 0.717) is 25.0 Å². The quantitative estimate of drug-likeness (QED) is 0.728. The maximum atomic E-state index is 11.9. The van der Waals surface area contributed by atoms with Crippen molar-refractivity contribution in [2.24, 2.45) is 11.1 Å². The summed E-state index contributed by atoms with van der Waals surface area (Å²) in [6.07, 6.45) is 2.03. The van der Waals surface area contributed by atoms with Crippen LogP contribution in [-0.2, 0) is 9.53 Å². The normalized spacial score (nSPS) is 32.7. The highest BCUT2D eigenvalue weighted by Crippen LogP contribution is 2.27. The molecule has 1 rings (SSSR count). The molecule has 0 bridgehead atoms. The van der Waals surface area contributed by atoms with E-state index >= 15 is 0 Å². The predicted molar refractivity (Wildman–Crippen MR) is 62.9 cm³/mol. The number of carbonyl (C=O) groups excluding carboxylic acids is 1. The van der Waals surface area contributed by atoms with Crippen molar-refractivity contribution in [2.75, 3.05) is 26.0 Å². The Bertz CT molecular complexity index is 237. The molecule has 0 aliphatic carbocycles. The van der Waals surface area contributed by atoms with Crippen LogP contribution in [0.5, 0.6) is 0 Å². The van der Waals surface area contributed by atoms with E-state index in [2.05, 4.69) is 12.2 Å². The van der Waals surface area contributed by atoms with Crippen molar-refractivity contribution < 1.29 is 9.53 Å². The van der Waals surface area contributed by atoms with Gasteiger partial charge in [0.05, 0.1) is 18.6 Å². The number of hydrogen-bond acceptors (Lipinski definition) is 4. The van der Waals surface area contributed by atoms with Gasteiger partial charge >= 0.3 is 0 Å². The van der Waals surface area contributed by atoms with E-state index in [4.69, 9.17) is 10.5 Å². The predicted octanol–water partition coefficient (Wildman–Crippen LogP) is 0.218. The van der Waals surface area contributed by atoms with Crippen LogP contribution in [0.3, 0.4) is 0 Å². The van der Waals surface area contributed by atoms with Gasteiger partial charge in [-0.3, -0.25) is 4.79 Å². The molecule has 15 heavy (non-hydrogen) atoms. The molecule has 88 valence electrons. The second kappa shape index (κ2) is 5.18. The maximum Gasteiger partial charge on any atom is 0.229 e. The highest BCUT2D eigenvalue weighted by molar-refractivity contribution is 7.99. The molecule has 3 unspecified atom stereocenters. The van der Waals surface area contributed by atoms with E-state index in [0.717, 1.165) is 0 Å². The lowest BCUT2D eigenvalue weighted by Crippen LogP contribution is -2.50. The van der Waals surface area contributed by atoms with Gasteiger partial charge in [-0.2, -0.15) is 11.8 Å². The number of rotatable bonds is 4. The zero-order valence-electron chi connectivity index (χ0n) is 9.58. The van der Waals surface area contributed by atoms with E-state index in [1.165, 1.54) is 0 Å². The van der Waals surface area contributed by atoms with Gasteiger partial charge in [0, 0.05) is 17.8 Å². The molecule has 0 aromatic carbocycles. The number of nitrogens with two attached hydrogens (primary N) is 1. The minimum atomic E-state index is -0.557. The van der Waals surface area contributed by atoms with Crippen LogP contribution in [0.15, 0.2) is 0 Å². The number of hydrogen-bond donors (Lipinski definition) is 2. The van der Waals surface area contributed by atoms with Gasteiger partial charge in [-0.15, -0.1) is 0 Å². The van der Waals surface area contributed by atoms with Gasteiger partial charge in [0.15, 0.2) is 0 Å². The van der Waals surface area contributed by atoms with Crippen molar-refractivity contribution in [1.82, 2.24) is 5.32 Å². The molecule has 1 aliphatic heterocycles. The summed E-state index contributed by atoms with van der Waals surface area (Å²) in [6.45, 7) is 5.53. The maximum absolute atomic E-state index is 11.9. The first-order chi connectivity index (χ1) is 7.00. The van der Waals surface area contributed by atoms with Crippen LogP contribution < -0.4 is 11.1 Å². The molecule has 0 radical (unpaired) electrons. The zero-order chi connectivity index (χ0) is 11.5. The Balaban J connectivity index is 2.46. The molecule has 1 amide bonds. The van der Waals surface area contributed by atoms with Gasteiger partial charge in [-0.1, -0.05) is 6.92 Å². The minimum Gasteiger partial charge on any atom is -0.379 e. The van der Waals surface area contributed by atoms with Gasteiger partial charge in [-0.25, -0.2) is 0 Å². The van der Waals surface area contributed by atoms with E-state index in [-0.39, 0.29) is 11.9 Å². The van der Waals surface area contributed by atoms with Crippen LogP contribution in [0.25, 0.3) is 0 Å². The van der Waals surface area contributed by atoms with E-state index < -0.39 is 5.41 Å². The Kier molecular flexibility index (Phi) is 4.43. The highest BCUT2D eigenvalue weighted by Gasteiger charge is 2.44. The van der Waals surface area contributed by atoms with Gasteiger partial charge in [0.25, 0.3) is 0 Å². The Labute approximate surface area is 95.3 Å². The standard InChI is InChI=1S/C10H20N2O2S/c1-7(15-3)4-12-9(13)10(2)6-14-5-8(10)11/h7-8H,4-6,11H2,1-3H3,(H,12,13). The van der Waals surface area contributed by atoms with Gasteiger partial charge in [0.1, 0.15) is 0 Å². The first kappa shape index (κ1) is 12.8. The molecule has 0 aromatic heterocycles. The number of thioether (sulfide) groups is 1. The number of amides is 1. The van der Waals surface area contributed by atoms with Crippen LogP contribution in [0.4, 0.5) is 0 Å². The number of carbonyl (C=O) groups is 1. The monoisotopic (exact) mass is 232 g/mol. The van der Waals surface area contributed by atoms with Crippen LogP contribution >= 0.6 is 11.8 Å². The summed E-state index contributed by atoms with van der Waals surface area (Å²) >= 11 is 1.73. The molecule has 1 fully saturated rings. The molecule has 4 nitrogen and oxygen atoms in total. The SMILES string of the molecule is CSC(C)CNC(=O)C1(C)COCC1N. The fourth-order valence-corrected chi connectivity index (χ4v) is 1.69. The second-order valence-corrected chi connectivity index (χ2v) is 5.57. The summed E-state index contributed by atoms with van der Waals surface area (Å²) in [6, 6.07) is -0.193. The topological polar surface area (TPSA) is 64.3 Å².